The largest absolute Gasteiger partial charge is 0.326 e. The molecule has 1 amide bonds. The van der Waals surface area contributed by atoms with Crippen LogP contribution >= 0.6 is 0 Å². The molecule has 2 aromatic rings. The van der Waals surface area contributed by atoms with Crippen LogP contribution in [-0.2, 0) is 11.2 Å². The molecule has 0 saturated carbocycles. The molecule has 2 heteroatoms. The molecule has 0 saturated heterocycles. The molecule has 0 unspecified atom stereocenters. The lowest BCUT2D eigenvalue weighted by Crippen LogP contribution is -2.15. The van der Waals surface area contributed by atoms with E-state index in [2.05, 4.69) is 5.32 Å². The summed E-state index contributed by atoms with van der Waals surface area (Å²) in [4.78, 5) is 12.1. The van der Waals surface area contributed by atoms with Crippen molar-refractivity contribution in [2.24, 2.45) is 0 Å². The molecular formula is C17H19NO. The number of carbonyl (C=O) groups excluding carboxylic acids is 1. The number of carbonyl (C=O) groups is 1. The van der Waals surface area contributed by atoms with Gasteiger partial charge in [0.2, 0.25) is 5.91 Å². The lowest BCUT2D eigenvalue weighted by atomic mass is 10.1. The van der Waals surface area contributed by atoms with Gasteiger partial charge in [0.25, 0.3) is 0 Å². The second kappa shape index (κ2) is 5.70. The van der Waals surface area contributed by atoms with Gasteiger partial charge >= 0.3 is 0 Å². The van der Waals surface area contributed by atoms with Gasteiger partial charge in [0, 0.05) is 5.69 Å². The van der Waals surface area contributed by atoms with Gasteiger partial charge in [-0.1, -0.05) is 36.4 Å². The smallest absolute Gasteiger partial charge is 0.228 e. The summed E-state index contributed by atoms with van der Waals surface area (Å²) in [6, 6.07) is 14.1. The summed E-state index contributed by atoms with van der Waals surface area (Å²) in [6.45, 7) is 6.06. The second-order valence-electron chi connectivity index (χ2n) is 4.97. The first kappa shape index (κ1) is 13.3. The third-order valence-corrected chi connectivity index (χ3v) is 3.28. The molecule has 0 aliphatic carbocycles. The highest BCUT2D eigenvalue weighted by Crippen LogP contribution is 2.17. The van der Waals surface area contributed by atoms with Gasteiger partial charge in [0.1, 0.15) is 0 Å². The van der Waals surface area contributed by atoms with Crippen LogP contribution in [0.15, 0.2) is 42.5 Å². The van der Waals surface area contributed by atoms with Crippen molar-refractivity contribution in [3.8, 4) is 0 Å². The summed E-state index contributed by atoms with van der Waals surface area (Å²) in [6.07, 6.45) is 0.417. The highest BCUT2D eigenvalue weighted by atomic mass is 16.1. The number of rotatable bonds is 3. The van der Waals surface area contributed by atoms with Gasteiger partial charge in [0.05, 0.1) is 6.42 Å². The van der Waals surface area contributed by atoms with E-state index in [-0.39, 0.29) is 5.91 Å². The fourth-order valence-electron chi connectivity index (χ4n) is 2.05. The molecule has 0 spiro atoms. The average molecular weight is 253 g/mol. The van der Waals surface area contributed by atoms with Crippen LogP contribution in [0.5, 0.6) is 0 Å². The molecule has 19 heavy (non-hydrogen) atoms. The molecule has 0 fully saturated rings. The monoisotopic (exact) mass is 253 g/mol. The third-order valence-electron chi connectivity index (χ3n) is 3.28. The molecule has 0 atom stereocenters. The van der Waals surface area contributed by atoms with Crippen LogP contribution in [0.1, 0.15) is 22.3 Å². The fraction of sp³-hybridized carbons (Fsp3) is 0.235. The zero-order valence-electron chi connectivity index (χ0n) is 11.7. The number of nitrogens with one attached hydrogen (secondary N) is 1. The molecule has 1 N–H and O–H groups in total. The van der Waals surface area contributed by atoms with Gasteiger partial charge in [-0.25, -0.2) is 0 Å². The molecule has 2 aromatic carbocycles. The first-order chi connectivity index (χ1) is 9.06. The molecule has 0 bridgehead atoms. The second-order valence-corrected chi connectivity index (χ2v) is 4.97. The molecule has 0 aliphatic heterocycles. The van der Waals surface area contributed by atoms with Gasteiger partial charge in [0.15, 0.2) is 0 Å². The van der Waals surface area contributed by atoms with Crippen molar-refractivity contribution in [3.05, 3.63) is 64.7 Å². The first-order valence-corrected chi connectivity index (χ1v) is 6.48. The van der Waals surface area contributed by atoms with Crippen molar-refractivity contribution in [2.75, 3.05) is 5.32 Å². The lowest BCUT2D eigenvalue weighted by Gasteiger charge is -2.10. The summed E-state index contributed by atoms with van der Waals surface area (Å²) in [5.74, 6) is 0.0306. The summed E-state index contributed by atoms with van der Waals surface area (Å²) in [7, 11) is 0. The minimum absolute atomic E-state index is 0.0306. The van der Waals surface area contributed by atoms with E-state index in [4.69, 9.17) is 0 Å². The van der Waals surface area contributed by atoms with Crippen LogP contribution < -0.4 is 5.32 Å². The standard InChI is InChI=1S/C17H19NO/c1-12-8-9-14(3)16(10-12)18-17(19)11-15-7-5-4-6-13(15)2/h4-10H,11H2,1-3H3,(H,18,19). The topological polar surface area (TPSA) is 29.1 Å². The number of aryl methyl sites for hydroxylation is 3. The van der Waals surface area contributed by atoms with Crippen LogP contribution in [0, 0.1) is 20.8 Å². The SMILES string of the molecule is Cc1ccc(C)c(NC(=O)Cc2ccccc2C)c1. The van der Waals surface area contributed by atoms with Gasteiger partial charge in [-0.2, -0.15) is 0 Å². The van der Waals surface area contributed by atoms with Crippen LogP contribution in [0.4, 0.5) is 5.69 Å². The number of benzene rings is 2. The highest BCUT2D eigenvalue weighted by molar-refractivity contribution is 5.93. The summed E-state index contributed by atoms with van der Waals surface area (Å²) < 4.78 is 0. The fourth-order valence-corrected chi connectivity index (χ4v) is 2.05. The van der Waals surface area contributed by atoms with E-state index in [0.29, 0.717) is 6.42 Å². The number of hydrogen-bond acceptors (Lipinski definition) is 1. The third kappa shape index (κ3) is 3.44. The number of anilines is 1. The molecule has 0 aromatic heterocycles. The molecule has 0 heterocycles. The summed E-state index contributed by atoms with van der Waals surface area (Å²) in [5, 5.41) is 2.99. The number of hydrogen-bond donors (Lipinski definition) is 1. The maximum atomic E-state index is 12.1. The van der Waals surface area contributed by atoms with E-state index in [1.807, 2.05) is 63.2 Å². The van der Waals surface area contributed by atoms with E-state index in [1.165, 1.54) is 0 Å². The van der Waals surface area contributed by atoms with Crippen molar-refractivity contribution in [1.82, 2.24) is 0 Å². The molecular weight excluding hydrogens is 234 g/mol. The predicted octanol–water partition coefficient (Wildman–Crippen LogP) is 3.79. The summed E-state index contributed by atoms with van der Waals surface area (Å²) >= 11 is 0. The van der Waals surface area contributed by atoms with Crippen LogP contribution in [0.25, 0.3) is 0 Å². The number of amides is 1. The van der Waals surface area contributed by atoms with E-state index >= 15 is 0 Å². The quantitative estimate of drug-likeness (QED) is 0.885. The zero-order valence-corrected chi connectivity index (χ0v) is 11.7. The molecule has 0 radical (unpaired) electrons. The molecule has 2 rings (SSSR count). The van der Waals surface area contributed by atoms with E-state index in [9.17, 15) is 4.79 Å². The Kier molecular flexibility index (Phi) is 4.00. The van der Waals surface area contributed by atoms with Gasteiger partial charge in [-0.3, -0.25) is 4.79 Å². The average Bonchev–Trinajstić information content (AvgIpc) is 2.37. The molecule has 2 nitrogen and oxygen atoms in total. The summed E-state index contributed by atoms with van der Waals surface area (Å²) in [5.41, 5.74) is 5.36. The lowest BCUT2D eigenvalue weighted by molar-refractivity contribution is -0.115. The highest BCUT2D eigenvalue weighted by Gasteiger charge is 2.07. The maximum Gasteiger partial charge on any atom is 0.228 e. The van der Waals surface area contributed by atoms with Crippen LogP contribution in [0.2, 0.25) is 0 Å². The minimum Gasteiger partial charge on any atom is -0.326 e. The Morgan fingerprint density at radius 3 is 2.47 bits per heavy atom. The van der Waals surface area contributed by atoms with Crippen molar-refractivity contribution < 1.29 is 4.79 Å². The predicted molar refractivity (Wildman–Crippen MR) is 79.4 cm³/mol. The Morgan fingerprint density at radius 2 is 1.74 bits per heavy atom. The van der Waals surface area contributed by atoms with Gasteiger partial charge in [-0.15, -0.1) is 0 Å². The Hall–Kier alpha value is -2.09. The van der Waals surface area contributed by atoms with Crippen LogP contribution in [-0.4, -0.2) is 5.91 Å². The zero-order chi connectivity index (χ0) is 13.8. The van der Waals surface area contributed by atoms with Gasteiger partial charge in [-0.05, 0) is 49.1 Å². The Labute approximate surface area is 114 Å². The normalized spacial score (nSPS) is 10.3. The Balaban J connectivity index is 2.10. The van der Waals surface area contributed by atoms with E-state index < -0.39 is 0 Å². The van der Waals surface area contributed by atoms with Gasteiger partial charge < -0.3 is 5.32 Å². The molecule has 0 aliphatic rings. The Morgan fingerprint density at radius 1 is 1.00 bits per heavy atom. The van der Waals surface area contributed by atoms with Crippen molar-refractivity contribution in [3.63, 3.8) is 0 Å². The minimum atomic E-state index is 0.0306. The first-order valence-electron chi connectivity index (χ1n) is 6.48. The van der Waals surface area contributed by atoms with Crippen molar-refractivity contribution in [2.45, 2.75) is 27.2 Å². The van der Waals surface area contributed by atoms with Crippen LogP contribution in [0.3, 0.4) is 0 Å². The maximum absolute atomic E-state index is 12.1. The van der Waals surface area contributed by atoms with Crippen molar-refractivity contribution >= 4 is 11.6 Å². The van der Waals surface area contributed by atoms with Crippen molar-refractivity contribution in [1.29, 1.82) is 0 Å². The molecule has 98 valence electrons. The Bertz CT molecular complexity index is 602. The van der Waals surface area contributed by atoms with E-state index in [0.717, 1.165) is 27.9 Å². The van der Waals surface area contributed by atoms with E-state index in [1.54, 1.807) is 0 Å².